The first kappa shape index (κ1) is 17.2. The average Bonchev–Trinajstić information content (AvgIpc) is 2.95. The molecule has 1 amide bonds. The molecule has 124 valence electrons. The second kappa shape index (κ2) is 6.51. The summed E-state index contributed by atoms with van der Waals surface area (Å²) >= 11 is 6.13. The molecule has 12 nitrogen and oxygen atoms in total. The molecule has 0 fully saturated rings. The molecule has 1 aromatic heterocycles. The molecular formula is C10H4ClN5O7S. The zero-order valence-corrected chi connectivity index (χ0v) is 12.7. The number of aromatic nitrogens is 1. The summed E-state index contributed by atoms with van der Waals surface area (Å²) in [6.07, 6.45) is 0.910. The third-order valence-electron chi connectivity index (χ3n) is 2.58. The molecule has 0 saturated heterocycles. The van der Waals surface area contributed by atoms with Gasteiger partial charge in [0, 0.05) is 12.1 Å². The Labute approximate surface area is 140 Å². The first-order valence-electron chi connectivity index (χ1n) is 5.74. The van der Waals surface area contributed by atoms with E-state index in [4.69, 9.17) is 11.6 Å². The molecule has 0 saturated carbocycles. The fraction of sp³-hybridized carbons (Fsp3) is 0. The van der Waals surface area contributed by atoms with E-state index in [2.05, 4.69) is 10.3 Å². The molecule has 0 spiro atoms. The summed E-state index contributed by atoms with van der Waals surface area (Å²) in [5.74, 6) is -0.970. The lowest BCUT2D eigenvalue weighted by Gasteiger charge is -2.03. The fourth-order valence-corrected chi connectivity index (χ4v) is 2.44. The predicted molar refractivity (Wildman–Crippen MR) is 81.5 cm³/mol. The second-order valence-corrected chi connectivity index (χ2v) is 5.44. The van der Waals surface area contributed by atoms with Gasteiger partial charge >= 0.3 is 5.00 Å². The van der Waals surface area contributed by atoms with Crippen LogP contribution in [-0.4, -0.2) is 25.7 Å². The van der Waals surface area contributed by atoms with E-state index in [1.54, 1.807) is 0 Å². The lowest BCUT2D eigenvalue weighted by atomic mass is 10.1. The molecule has 0 bridgehead atoms. The number of nitro benzene ring substituents is 2. The largest absolute Gasteiger partial charge is 0.345 e. The molecule has 1 heterocycles. The van der Waals surface area contributed by atoms with Crippen LogP contribution in [0.1, 0.15) is 10.4 Å². The van der Waals surface area contributed by atoms with E-state index in [-0.39, 0.29) is 10.1 Å². The van der Waals surface area contributed by atoms with Crippen molar-refractivity contribution in [2.24, 2.45) is 0 Å². The average molecular weight is 374 g/mol. The van der Waals surface area contributed by atoms with Crippen LogP contribution in [0.5, 0.6) is 0 Å². The van der Waals surface area contributed by atoms with Gasteiger partial charge in [-0.3, -0.25) is 40.5 Å². The summed E-state index contributed by atoms with van der Waals surface area (Å²) in [4.78, 5) is 45.3. The molecule has 0 radical (unpaired) electrons. The number of nitrogens with one attached hydrogen (secondary N) is 1. The van der Waals surface area contributed by atoms with E-state index in [1.807, 2.05) is 0 Å². The summed E-state index contributed by atoms with van der Waals surface area (Å²) in [6.45, 7) is 0. The molecule has 24 heavy (non-hydrogen) atoms. The highest BCUT2D eigenvalue weighted by Gasteiger charge is 2.27. The third-order valence-corrected chi connectivity index (χ3v) is 3.84. The number of carbonyl (C=O) groups excluding carboxylic acids is 1. The molecule has 2 aromatic rings. The number of hydrogen-bond donors (Lipinski definition) is 1. The summed E-state index contributed by atoms with van der Waals surface area (Å²) in [7, 11) is 0. The van der Waals surface area contributed by atoms with E-state index < -0.39 is 42.6 Å². The number of benzene rings is 1. The maximum absolute atomic E-state index is 12.1. The van der Waals surface area contributed by atoms with Gasteiger partial charge < -0.3 is 0 Å². The summed E-state index contributed by atoms with van der Waals surface area (Å²) in [6, 6.07) is 1.51. The van der Waals surface area contributed by atoms with Crippen LogP contribution in [0, 0.1) is 30.3 Å². The number of thiazole rings is 1. The SMILES string of the molecule is O=C(Nc1ncc([N+](=O)[O-])s1)c1cc([N+](=O)[O-])c(Cl)c([N+](=O)[O-])c1. The molecule has 1 N–H and O–H groups in total. The van der Waals surface area contributed by atoms with Crippen molar-refractivity contribution in [2.75, 3.05) is 5.32 Å². The number of hydrogen-bond acceptors (Lipinski definition) is 9. The summed E-state index contributed by atoms with van der Waals surface area (Å²) in [5.41, 5.74) is -2.06. The zero-order chi connectivity index (χ0) is 18.0. The van der Waals surface area contributed by atoms with Gasteiger partial charge in [-0.05, 0) is 11.3 Å². The molecule has 14 heteroatoms. The van der Waals surface area contributed by atoms with E-state index in [9.17, 15) is 35.1 Å². The smallest absolute Gasteiger partial charge is 0.298 e. The topological polar surface area (TPSA) is 171 Å². The fourth-order valence-electron chi connectivity index (χ4n) is 1.57. The summed E-state index contributed by atoms with van der Waals surface area (Å²) < 4.78 is 0. The first-order chi connectivity index (χ1) is 11.2. The molecule has 0 atom stereocenters. The molecule has 1 aromatic carbocycles. The molecular weight excluding hydrogens is 370 g/mol. The number of anilines is 1. The molecule has 0 aliphatic carbocycles. The highest BCUT2D eigenvalue weighted by molar-refractivity contribution is 7.18. The van der Waals surface area contributed by atoms with E-state index >= 15 is 0 Å². The lowest BCUT2D eigenvalue weighted by molar-refractivity contribution is -0.393. The standard InChI is InChI=1S/C10H4ClN5O7S/c11-8-5(14(18)19)1-4(2-6(8)15(20)21)9(17)13-10-12-3-7(24-10)16(22)23/h1-3H,(H,12,13,17). The van der Waals surface area contributed by atoms with Crippen molar-refractivity contribution in [1.82, 2.24) is 4.98 Å². The predicted octanol–water partition coefficient (Wildman–Crippen LogP) is 2.77. The quantitative estimate of drug-likeness (QED) is 0.615. The normalized spacial score (nSPS) is 10.2. The number of amides is 1. The molecule has 0 aliphatic rings. The Morgan fingerprint density at radius 3 is 2.04 bits per heavy atom. The van der Waals surface area contributed by atoms with E-state index in [1.165, 1.54) is 0 Å². The van der Waals surface area contributed by atoms with Gasteiger partial charge in [-0.2, -0.15) is 0 Å². The molecule has 2 rings (SSSR count). The Morgan fingerprint density at radius 1 is 1.08 bits per heavy atom. The maximum atomic E-state index is 12.1. The Kier molecular flexibility index (Phi) is 4.66. The Hall–Kier alpha value is -3.19. The summed E-state index contributed by atoms with van der Waals surface area (Å²) in [5, 5.41) is 33.3. The van der Waals surface area contributed by atoms with Crippen molar-refractivity contribution < 1.29 is 19.6 Å². The number of halogens is 1. The second-order valence-electron chi connectivity index (χ2n) is 4.06. The minimum absolute atomic E-state index is 0.146. The van der Waals surface area contributed by atoms with Crippen LogP contribution in [0.2, 0.25) is 5.02 Å². The van der Waals surface area contributed by atoms with Gasteiger partial charge in [-0.25, -0.2) is 4.98 Å². The van der Waals surface area contributed by atoms with Crippen molar-refractivity contribution in [2.45, 2.75) is 0 Å². The third kappa shape index (κ3) is 3.41. The maximum Gasteiger partial charge on any atom is 0.345 e. The van der Waals surface area contributed by atoms with Gasteiger partial charge in [-0.15, -0.1) is 0 Å². The van der Waals surface area contributed by atoms with Crippen LogP contribution in [-0.2, 0) is 0 Å². The lowest BCUT2D eigenvalue weighted by Crippen LogP contribution is -2.12. The van der Waals surface area contributed by atoms with Gasteiger partial charge in [0.25, 0.3) is 17.3 Å². The van der Waals surface area contributed by atoms with Crippen LogP contribution in [0.15, 0.2) is 18.3 Å². The van der Waals surface area contributed by atoms with Gasteiger partial charge in [0.1, 0.15) is 6.20 Å². The van der Waals surface area contributed by atoms with Crippen LogP contribution in [0.3, 0.4) is 0 Å². The van der Waals surface area contributed by atoms with E-state index in [0.29, 0.717) is 11.3 Å². The first-order valence-corrected chi connectivity index (χ1v) is 6.94. The van der Waals surface area contributed by atoms with Crippen LogP contribution >= 0.6 is 22.9 Å². The van der Waals surface area contributed by atoms with Gasteiger partial charge in [-0.1, -0.05) is 11.6 Å². The minimum Gasteiger partial charge on any atom is -0.298 e. The van der Waals surface area contributed by atoms with Gasteiger partial charge in [0.2, 0.25) is 0 Å². The minimum atomic E-state index is -0.972. The highest BCUT2D eigenvalue weighted by Crippen LogP contribution is 2.35. The van der Waals surface area contributed by atoms with Crippen LogP contribution in [0.4, 0.5) is 21.5 Å². The van der Waals surface area contributed by atoms with Crippen molar-refractivity contribution in [3.63, 3.8) is 0 Å². The van der Waals surface area contributed by atoms with Gasteiger partial charge in [0.15, 0.2) is 10.2 Å². The van der Waals surface area contributed by atoms with Crippen molar-refractivity contribution in [1.29, 1.82) is 0 Å². The van der Waals surface area contributed by atoms with Crippen molar-refractivity contribution in [3.8, 4) is 0 Å². The van der Waals surface area contributed by atoms with Crippen molar-refractivity contribution >= 4 is 50.4 Å². The van der Waals surface area contributed by atoms with Crippen molar-refractivity contribution in [3.05, 3.63) is 59.3 Å². The number of rotatable bonds is 5. The zero-order valence-electron chi connectivity index (χ0n) is 11.2. The van der Waals surface area contributed by atoms with E-state index in [0.717, 1.165) is 18.3 Å². The molecule has 0 aliphatic heterocycles. The monoisotopic (exact) mass is 373 g/mol. The Morgan fingerprint density at radius 2 is 1.62 bits per heavy atom. The van der Waals surface area contributed by atoms with Crippen LogP contribution in [0.25, 0.3) is 0 Å². The van der Waals surface area contributed by atoms with Crippen LogP contribution < -0.4 is 5.32 Å². The Balaban J connectivity index is 2.39. The number of nitrogens with zero attached hydrogens (tertiary/aromatic N) is 4. The highest BCUT2D eigenvalue weighted by atomic mass is 35.5. The van der Waals surface area contributed by atoms with Gasteiger partial charge in [0.05, 0.1) is 20.3 Å². The molecule has 0 unspecified atom stereocenters. The number of nitro groups is 3. The Bertz CT molecular complexity index is 847. The number of carbonyl (C=O) groups is 1.